The molecule has 0 aliphatic carbocycles. The lowest BCUT2D eigenvalue weighted by Crippen LogP contribution is -2.52. The predicted octanol–water partition coefficient (Wildman–Crippen LogP) is 2.56. The molecule has 82 valence electrons. The van der Waals surface area contributed by atoms with Crippen LogP contribution in [-0.4, -0.2) is 13.1 Å². The zero-order valence-electron chi connectivity index (χ0n) is 9.44. The van der Waals surface area contributed by atoms with Crippen LogP contribution in [0.5, 0.6) is 0 Å². The van der Waals surface area contributed by atoms with Gasteiger partial charge in [-0.3, -0.25) is 0 Å². The summed E-state index contributed by atoms with van der Waals surface area (Å²) in [5.41, 5.74) is 0. The summed E-state index contributed by atoms with van der Waals surface area (Å²) in [5, 5.41) is 3.31. The Morgan fingerprint density at radius 1 is 1.00 bits per heavy atom. The number of halogens is 1. The van der Waals surface area contributed by atoms with Gasteiger partial charge in [0.15, 0.2) is 0 Å². The van der Waals surface area contributed by atoms with E-state index in [2.05, 4.69) is 48.4 Å². The SMILES string of the molecule is C[Si](C)(c1ccccc1)c1ccnc(Cl)c1. The van der Waals surface area contributed by atoms with Gasteiger partial charge in [0, 0.05) is 6.20 Å². The van der Waals surface area contributed by atoms with E-state index in [1.807, 2.05) is 12.1 Å². The van der Waals surface area contributed by atoms with Gasteiger partial charge in [-0.15, -0.1) is 0 Å². The normalized spacial score (nSPS) is 11.4. The van der Waals surface area contributed by atoms with Crippen molar-refractivity contribution in [1.82, 2.24) is 4.98 Å². The van der Waals surface area contributed by atoms with Crippen molar-refractivity contribution < 1.29 is 0 Å². The maximum absolute atomic E-state index is 5.95. The highest BCUT2D eigenvalue weighted by Gasteiger charge is 2.25. The molecule has 0 amide bonds. The van der Waals surface area contributed by atoms with Gasteiger partial charge in [-0.05, 0) is 12.1 Å². The molecule has 0 N–H and O–H groups in total. The fourth-order valence-corrected chi connectivity index (χ4v) is 4.43. The first kappa shape index (κ1) is 11.4. The Labute approximate surface area is 102 Å². The van der Waals surface area contributed by atoms with Crippen molar-refractivity contribution in [3.63, 3.8) is 0 Å². The Kier molecular flexibility index (Phi) is 3.12. The molecule has 2 rings (SSSR count). The molecule has 0 radical (unpaired) electrons. The van der Waals surface area contributed by atoms with Crippen LogP contribution < -0.4 is 10.4 Å². The molecular weight excluding hydrogens is 234 g/mol. The summed E-state index contributed by atoms with van der Waals surface area (Å²) in [5.74, 6) is 0. The lowest BCUT2D eigenvalue weighted by molar-refractivity contribution is 1.34. The standard InChI is InChI=1S/C13H14ClNSi/c1-16(2,11-6-4-3-5-7-11)12-8-9-15-13(14)10-12/h3-10H,1-2H3. The highest BCUT2D eigenvalue weighted by atomic mass is 35.5. The Balaban J connectivity index is 2.47. The maximum Gasteiger partial charge on any atom is 0.128 e. The van der Waals surface area contributed by atoms with Crippen molar-refractivity contribution in [2.75, 3.05) is 0 Å². The zero-order chi connectivity index (χ0) is 11.6. The number of hydrogen-bond donors (Lipinski definition) is 0. The second kappa shape index (κ2) is 4.40. The zero-order valence-corrected chi connectivity index (χ0v) is 11.2. The summed E-state index contributed by atoms with van der Waals surface area (Å²) in [6, 6.07) is 14.7. The smallest absolute Gasteiger partial charge is 0.128 e. The van der Waals surface area contributed by atoms with Crippen molar-refractivity contribution >= 4 is 30.0 Å². The Bertz CT molecular complexity index is 482. The average Bonchev–Trinajstić information content (AvgIpc) is 2.30. The second-order valence-electron chi connectivity index (χ2n) is 4.36. The molecule has 2 aromatic rings. The molecule has 0 saturated heterocycles. The monoisotopic (exact) mass is 247 g/mol. The molecule has 0 unspecified atom stereocenters. The lowest BCUT2D eigenvalue weighted by Gasteiger charge is -2.23. The highest BCUT2D eigenvalue weighted by molar-refractivity contribution is 7.00. The van der Waals surface area contributed by atoms with Crippen LogP contribution in [0.25, 0.3) is 0 Å². The van der Waals surface area contributed by atoms with E-state index in [1.54, 1.807) is 6.20 Å². The Hall–Kier alpha value is -1.12. The number of rotatable bonds is 2. The predicted molar refractivity (Wildman–Crippen MR) is 72.4 cm³/mol. The summed E-state index contributed by atoms with van der Waals surface area (Å²) in [7, 11) is -1.61. The number of nitrogens with zero attached hydrogens (tertiary/aromatic N) is 1. The van der Waals surface area contributed by atoms with Gasteiger partial charge in [-0.1, -0.05) is 65.4 Å². The van der Waals surface area contributed by atoms with Crippen LogP contribution in [-0.2, 0) is 0 Å². The number of aromatic nitrogens is 1. The molecular formula is C13H14ClNSi. The van der Waals surface area contributed by atoms with Crippen LogP contribution in [0.1, 0.15) is 0 Å². The van der Waals surface area contributed by atoms with Crippen molar-refractivity contribution in [2.45, 2.75) is 13.1 Å². The Morgan fingerprint density at radius 3 is 2.31 bits per heavy atom. The minimum Gasteiger partial charge on any atom is -0.245 e. The van der Waals surface area contributed by atoms with Gasteiger partial charge in [0.25, 0.3) is 0 Å². The molecule has 16 heavy (non-hydrogen) atoms. The summed E-state index contributed by atoms with van der Waals surface area (Å²) in [4.78, 5) is 4.03. The van der Waals surface area contributed by atoms with Crippen LogP contribution in [0.4, 0.5) is 0 Å². The van der Waals surface area contributed by atoms with E-state index in [0.29, 0.717) is 5.15 Å². The lowest BCUT2D eigenvalue weighted by atomic mass is 10.4. The molecule has 1 nitrogen and oxygen atoms in total. The number of hydrogen-bond acceptors (Lipinski definition) is 1. The molecule has 0 aliphatic rings. The second-order valence-corrected chi connectivity index (χ2v) is 9.15. The molecule has 0 atom stereocenters. The molecule has 1 aromatic heterocycles. The molecule has 0 spiro atoms. The van der Waals surface area contributed by atoms with Gasteiger partial charge in [-0.25, -0.2) is 4.98 Å². The summed E-state index contributed by atoms with van der Waals surface area (Å²) >= 11 is 5.95. The van der Waals surface area contributed by atoms with Crippen molar-refractivity contribution in [1.29, 1.82) is 0 Å². The third-order valence-corrected chi connectivity index (χ3v) is 6.68. The minimum absolute atomic E-state index is 0.578. The van der Waals surface area contributed by atoms with E-state index in [9.17, 15) is 0 Å². The molecule has 3 heteroatoms. The first-order chi connectivity index (χ1) is 7.60. The van der Waals surface area contributed by atoms with E-state index in [0.717, 1.165) is 0 Å². The summed E-state index contributed by atoms with van der Waals surface area (Å²) in [6.07, 6.45) is 1.79. The Morgan fingerprint density at radius 2 is 1.69 bits per heavy atom. The summed E-state index contributed by atoms with van der Waals surface area (Å²) in [6.45, 7) is 4.65. The van der Waals surface area contributed by atoms with Crippen LogP contribution in [0.15, 0.2) is 48.7 Å². The maximum atomic E-state index is 5.95. The van der Waals surface area contributed by atoms with Gasteiger partial charge in [0.1, 0.15) is 13.2 Å². The number of benzene rings is 1. The molecule has 0 saturated carbocycles. The molecule has 1 aromatic carbocycles. The van der Waals surface area contributed by atoms with Crippen molar-refractivity contribution in [3.05, 3.63) is 53.8 Å². The van der Waals surface area contributed by atoms with Crippen LogP contribution in [0.3, 0.4) is 0 Å². The fraction of sp³-hybridized carbons (Fsp3) is 0.154. The van der Waals surface area contributed by atoms with E-state index >= 15 is 0 Å². The van der Waals surface area contributed by atoms with Crippen LogP contribution >= 0.6 is 11.6 Å². The van der Waals surface area contributed by atoms with Gasteiger partial charge in [0.2, 0.25) is 0 Å². The fourth-order valence-electron chi connectivity index (χ4n) is 1.81. The molecule has 0 fully saturated rings. The van der Waals surface area contributed by atoms with E-state index < -0.39 is 8.07 Å². The topological polar surface area (TPSA) is 12.9 Å². The van der Waals surface area contributed by atoms with Crippen molar-refractivity contribution in [3.8, 4) is 0 Å². The molecule has 0 bridgehead atoms. The van der Waals surface area contributed by atoms with E-state index in [4.69, 9.17) is 11.6 Å². The first-order valence-electron chi connectivity index (χ1n) is 5.28. The minimum atomic E-state index is -1.61. The first-order valence-corrected chi connectivity index (χ1v) is 8.66. The van der Waals surface area contributed by atoms with Crippen LogP contribution in [0, 0.1) is 0 Å². The third-order valence-electron chi connectivity index (χ3n) is 2.94. The third kappa shape index (κ3) is 2.18. The molecule has 0 aliphatic heterocycles. The highest BCUT2D eigenvalue weighted by Crippen LogP contribution is 2.07. The summed E-state index contributed by atoms with van der Waals surface area (Å²) < 4.78 is 0. The van der Waals surface area contributed by atoms with Crippen LogP contribution in [0.2, 0.25) is 18.2 Å². The van der Waals surface area contributed by atoms with Gasteiger partial charge < -0.3 is 0 Å². The van der Waals surface area contributed by atoms with Gasteiger partial charge >= 0.3 is 0 Å². The van der Waals surface area contributed by atoms with E-state index in [1.165, 1.54) is 10.4 Å². The van der Waals surface area contributed by atoms with Gasteiger partial charge in [0.05, 0.1) is 0 Å². The average molecular weight is 248 g/mol. The van der Waals surface area contributed by atoms with Crippen molar-refractivity contribution in [2.24, 2.45) is 0 Å². The quantitative estimate of drug-likeness (QED) is 0.587. The van der Waals surface area contributed by atoms with E-state index in [-0.39, 0.29) is 0 Å². The number of pyridine rings is 1. The van der Waals surface area contributed by atoms with Gasteiger partial charge in [-0.2, -0.15) is 0 Å². The molecule has 1 heterocycles. The largest absolute Gasteiger partial charge is 0.245 e.